The van der Waals surface area contributed by atoms with E-state index in [1.807, 2.05) is 27.1 Å². The topological polar surface area (TPSA) is 55.9 Å². The van der Waals surface area contributed by atoms with Gasteiger partial charge >= 0.3 is 0 Å². The van der Waals surface area contributed by atoms with Gasteiger partial charge in [-0.15, -0.1) is 0 Å². The molecule has 0 bridgehead atoms. The monoisotopic (exact) mass is 416 g/mol. The zero-order chi connectivity index (χ0) is 21.0. The molecule has 2 aromatic rings. The SMILES string of the molecule is Cc1cccc(S(=O)(=O)NC[C@@H](c2ccc(N(C)C)cc2)N2CCN(C)CC2)c1. The highest BCUT2D eigenvalue weighted by atomic mass is 32.2. The predicted octanol–water partition coefficient (Wildman–Crippen LogP) is 2.33. The number of piperazine rings is 1. The average Bonchev–Trinajstić information content (AvgIpc) is 2.70. The summed E-state index contributed by atoms with van der Waals surface area (Å²) in [4.78, 5) is 7.07. The smallest absolute Gasteiger partial charge is 0.240 e. The molecule has 158 valence electrons. The summed E-state index contributed by atoms with van der Waals surface area (Å²) in [5.41, 5.74) is 3.20. The molecule has 0 aromatic heterocycles. The second kappa shape index (κ2) is 9.26. The lowest BCUT2D eigenvalue weighted by Crippen LogP contribution is -2.48. The van der Waals surface area contributed by atoms with Gasteiger partial charge in [0.25, 0.3) is 0 Å². The Morgan fingerprint density at radius 1 is 1.03 bits per heavy atom. The summed E-state index contributed by atoms with van der Waals surface area (Å²) in [6.07, 6.45) is 0. The van der Waals surface area contributed by atoms with Crippen molar-refractivity contribution in [3.05, 3.63) is 59.7 Å². The fourth-order valence-corrected chi connectivity index (χ4v) is 4.78. The van der Waals surface area contributed by atoms with Gasteiger partial charge in [0.2, 0.25) is 10.0 Å². The van der Waals surface area contributed by atoms with Gasteiger partial charge in [0.1, 0.15) is 0 Å². The minimum atomic E-state index is -3.55. The van der Waals surface area contributed by atoms with Crippen LogP contribution in [-0.4, -0.2) is 72.1 Å². The zero-order valence-corrected chi connectivity index (χ0v) is 18.6. The van der Waals surface area contributed by atoms with Crippen LogP contribution in [0.2, 0.25) is 0 Å². The molecule has 0 amide bonds. The lowest BCUT2D eigenvalue weighted by molar-refractivity contribution is 0.113. The normalized spacial score (nSPS) is 17.2. The summed E-state index contributed by atoms with van der Waals surface area (Å²) in [5.74, 6) is 0. The Morgan fingerprint density at radius 2 is 1.69 bits per heavy atom. The highest BCUT2D eigenvalue weighted by molar-refractivity contribution is 7.89. The van der Waals surface area contributed by atoms with Crippen molar-refractivity contribution in [2.24, 2.45) is 0 Å². The minimum Gasteiger partial charge on any atom is -0.378 e. The van der Waals surface area contributed by atoms with E-state index < -0.39 is 10.0 Å². The van der Waals surface area contributed by atoms with Gasteiger partial charge in [-0.1, -0.05) is 24.3 Å². The van der Waals surface area contributed by atoms with Gasteiger partial charge < -0.3 is 9.80 Å². The Labute approximate surface area is 175 Å². The molecule has 1 atom stereocenters. The third kappa shape index (κ3) is 5.57. The van der Waals surface area contributed by atoms with Crippen LogP contribution in [0.15, 0.2) is 53.4 Å². The van der Waals surface area contributed by atoms with Crippen molar-refractivity contribution in [1.29, 1.82) is 0 Å². The molecule has 0 unspecified atom stereocenters. The number of aryl methyl sites for hydroxylation is 1. The highest BCUT2D eigenvalue weighted by Gasteiger charge is 2.26. The summed E-state index contributed by atoms with van der Waals surface area (Å²) in [7, 11) is 2.61. The van der Waals surface area contributed by atoms with Crippen LogP contribution >= 0.6 is 0 Å². The molecule has 0 radical (unpaired) electrons. The lowest BCUT2D eigenvalue weighted by atomic mass is 10.0. The summed E-state index contributed by atoms with van der Waals surface area (Å²) < 4.78 is 28.6. The van der Waals surface area contributed by atoms with Crippen molar-refractivity contribution < 1.29 is 8.42 Å². The van der Waals surface area contributed by atoms with Gasteiger partial charge in [0.15, 0.2) is 0 Å². The quantitative estimate of drug-likeness (QED) is 0.751. The van der Waals surface area contributed by atoms with Crippen LogP contribution in [0, 0.1) is 6.92 Å². The maximum absolute atomic E-state index is 12.9. The van der Waals surface area contributed by atoms with Crippen molar-refractivity contribution in [2.75, 3.05) is 58.8 Å². The molecule has 6 nitrogen and oxygen atoms in total. The molecule has 1 heterocycles. The van der Waals surface area contributed by atoms with Crippen molar-refractivity contribution in [3.63, 3.8) is 0 Å². The van der Waals surface area contributed by atoms with Gasteiger partial charge in [-0.3, -0.25) is 4.90 Å². The minimum absolute atomic E-state index is 0.000466. The van der Waals surface area contributed by atoms with Crippen LogP contribution < -0.4 is 9.62 Å². The van der Waals surface area contributed by atoms with E-state index in [0.717, 1.165) is 43.0 Å². The molecule has 1 N–H and O–H groups in total. The van der Waals surface area contributed by atoms with E-state index in [-0.39, 0.29) is 6.04 Å². The van der Waals surface area contributed by atoms with E-state index in [1.54, 1.807) is 18.2 Å². The number of anilines is 1. The number of likely N-dealkylation sites (N-methyl/N-ethyl adjacent to an activating group) is 1. The van der Waals surface area contributed by atoms with Crippen LogP contribution in [0.3, 0.4) is 0 Å². The summed E-state index contributed by atoms with van der Waals surface area (Å²) in [5, 5.41) is 0. The van der Waals surface area contributed by atoms with Gasteiger partial charge in [0.05, 0.1) is 4.90 Å². The van der Waals surface area contributed by atoms with E-state index in [2.05, 4.69) is 50.7 Å². The first-order valence-corrected chi connectivity index (χ1v) is 11.5. The number of hydrogen-bond donors (Lipinski definition) is 1. The van der Waals surface area contributed by atoms with Crippen molar-refractivity contribution in [2.45, 2.75) is 17.9 Å². The standard InChI is InChI=1S/C22H32N4O2S/c1-18-6-5-7-21(16-18)29(27,28)23-17-22(26-14-12-25(4)13-15-26)19-8-10-20(11-9-19)24(2)3/h5-11,16,22-23H,12-15,17H2,1-4H3/t22-/m0/s1. The molecule has 29 heavy (non-hydrogen) atoms. The second-order valence-corrected chi connectivity index (χ2v) is 9.78. The number of nitrogens with one attached hydrogen (secondary N) is 1. The van der Waals surface area contributed by atoms with Gasteiger partial charge in [-0.2, -0.15) is 0 Å². The largest absolute Gasteiger partial charge is 0.378 e. The highest BCUT2D eigenvalue weighted by Crippen LogP contribution is 2.24. The molecule has 1 aliphatic rings. The van der Waals surface area contributed by atoms with Crippen LogP contribution in [0.1, 0.15) is 17.2 Å². The first kappa shape index (κ1) is 21.8. The van der Waals surface area contributed by atoms with Crippen molar-refractivity contribution in [3.8, 4) is 0 Å². The molecule has 0 spiro atoms. The molecular formula is C22H32N4O2S. The number of benzene rings is 2. The van der Waals surface area contributed by atoms with Crippen molar-refractivity contribution >= 4 is 15.7 Å². The Balaban J connectivity index is 1.81. The maximum atomic E-state index is 12.9. The predicted molar refractivity (Wildman–Crippen MR) is 119 cm³/mol. The lowest BCUT2D eigenvalue weighted by Gasteiger charge is -2.38. The van der Waals surface area contributed by atoms with Crippen LogP contribution in [-0.2, 0) is 10.0 Å². The number of rotatable bonds is 7. The number of hydrogen-bond acceptors (Lipinski definition) is 5. The Bertz CT molecular complexity index is 905. The summed E-state index contributed by atoms with van der Waals surface area (Å²) >= 11 is 0. The Hall–Kier alpha value is -1.93. The second-order valence-electron chi connectivity index (χ2n) is 8.01. The van der Waals surface area contributed by atoms with E-state index in [0.29, 0.717) is 11.4 Å². The molecule has 0 saturated carbocycles. The number of nitrogens with zero attached hydrogens (tertiary/aromatic N) is 3. The van der Waals surface area contributed by atoms with Crippen LogP contribution in [0.4, 0.5) is 5.69 Å². The van der Waals surface area contributed by atoms with Gasteiger partial charge in [-0.05, 0) is 49.4 Å². The van der Waals surface area contributed by atoms with E-state index >= 15 is 0 Å². The molecular weight excluding hydrogens is 384 g/mol. The molecule has 1 fully saturated rings. The fourth-order valence-electron chi connectivity index (χ4n) is 3.64. The summed E-state index contributed by atoms with van der Waals surface area (Å²) in [6, 6.07) is 15.4. The Kier molecular flexibility index (Phi) is 6.95. The first-order valence-electron chi connectivity index (χ1n) is 10.0. The molecule has 3 rings (SSSR count). The van der Waals surface area contributed by atoms with E-state index in [4.69, 9.17) is 0 Å². The fraction of sp³-hybridized carbons (Fsp3) is 0.455. The van der Waals surface area contributed by atoms with Gasteiger partial charge in [-0.25, -0.2) is 13.1 Å². The van der Waals surface area contributed by atoms with Crippen molar-refractivity contribution in [1.82, 2.24) is 14.5 Å². The third-order valence-electron chi connectivity index (χ3n) is 5.54. The molecule has 1 aliphatic heterocycles. The van der Waals surface area contributed by atoms with Crippen LogP contribution in [0.5, 0.6) is 0 Å². The van der Waals surface area contributed by atoms with Crippen LogP contribution in [0.25, 0.3) is 0 Å². The summed E-state index contributed by atoms with van der Waals surface area (Å²) in [6.45, 7) is 6.05. The Morgan fingerprint density at radius 3 is 2.28 bits per heavy atom. The van der Waals surface area contributed by atoms with E-state index in [1.165, 1.54) is 0 Å². The first-order chi connectivity index (χ1) is 13.8. The third-order valence-corrected chi connectivity index (χ3v) is 6.96. The van der Waals surface area contributed by atoms with Gasteiger partial charge in [0, 0.05) is 58.5 Å². The molecule has 2 aromatic carbocycles. The molecule has 0 aliphatic carbocycles. The molecule has 1 saturated heterocycles. The zero-order valence-electron chi connectivity index (χ0n) is 17.8. The van der Waals surface area contributed by atoms with E-state index in [9.17, 15) is 8.42 Å². The maximum Gasteiger partial charge on any atom is 0.240 e. The average molecular weight is 417 g/mol. The number of sulfonamides is 1. The molecule has 7 heteroatoms.